The quantitative estimate of drug-likeness (QED) is 0.560. The molecule has 0 aliphatic carbocycles. The fourth-order valence-electron chi connectivity index (χ4n) is 1.31. The van der Waals surface area contributed by atoms with Crippen LogP contribution in [0.1, 0.15) is 5.82 Å². The van der Waals surface area contributed by atoms with Crippen LogP contribution in [0.15, 0.2) is 22.2 Å². The number of phenols is 2. The van der Waals surface area contributed by atoms with Crippen molar-refractivity contribution in [2.75, 3.05) is 13.0 Å². The van der Waals surface area contributed by atoms with Gasteiger partial charge in [-0.15, -0.1) is 10.2 Å². The maximum Gasteiger partial charge on any atom is 0.214 e. The van der Waals surface area contributed by atoms with E-state index in [-0.39, 0.29) is 17.2 Å². The monoisotopic (exact) mass is 268 g/mol. The first-order valence-corrected chi connectivity index (χ1v) is 5.79. The second-order valence-electron chi connectivity index (χ2n) is 3.50. The molecular formula is C10H12N4O3S. The predicted molar refractivity (Wildman–Crippen MR) is 65.4 cm³/mol. The number of hydrogen-bond donors (Lipinski definition) is 3. The molecule has 7 nitrogen and oxygen atoms in total. The Bertz CT molecular complexity index is 585. The van der Waals surface area contributed by atoms with Crippen LogP contribution in [-0.4, -0.2) is 32.2 Å². The van der Waals surface area contributed by atoms with Crippen LogP contribution in [0.25, 0.3) is 0 Å². The van der Waals surface area contributed by atoms with Gasteiger partial charge in [-0.05, 0) is 30.8 Å². The second-order valence-corrected chi connectivity index (χ2v) is 4.54. The number of ether oxygens (including phenoxy) is 1. The minimum Gasteiger partial charge on any atom is -0.504 e. The molecule has 0 atom stereocenters. The largest absolute Gasteiger partial charge is 0.504 e. The highest BCUT2D eigenvalue weighted by Crippen LogP contribution is 2.40. The van der Waals surface area contributed by atoms with Crippen molar-refractivity contribution >= 4 is 11.8 Å². The first-order chi connectivity index (χ1) is 8.52. The van der Waals surface area contributed by atoms with Crippen LogP contribution in [0.4, 0.5) is 0 Å². The Morgan fingerprint density at radius 3 is 2.61 bits per heavy atom. The van der Waals surface area contributed by atoms with E-state index in [2.05, 4.69) is 10.2 Å². The van der Waals surface area contributed by atoms with E-state index in [1.807, 2.05) is 0 Å². The SMILES string of the molecule is COc1cc(Sc2nnc(C)n2N)cc(O)c1O. The summed E-state index contributed by atoms with van der Waals surface area (Å²) in [6, 6.07) is 2.97. The molecule has 0 spiro atoms. The molecule has 0 radical (unpaired) electrons. The highest BCUT2D eigenvalue weighted by Gasteiger charge is 2.13. The minimum atomic E-state index is -0.299. The van der Waals surface area contributed by atoms with Gasteiger partial charge in [0.25, 0.3) is 0 Å². The lowest BCUT2D eigenvalue weighted by molar-refractivity contribution is 0.349. The van der Waals surface area contributed by atoms with Gasteiger partial charge in [-0.1, -0.05) is 0 Å². The molecule has 1 aromatic carbocycles. The summed E-state index contributed by atoms with van der Waals surface area (Å²) in [6.45, 7) is 1.73. The molecule has 0 aliphatic rings. The molecule has 2 rings (SSSR count). The Balaban J connectivity index is 2.35. The first kappa shape index (κ1) is 12.4. The van der Waals surface area contributed by atoms with Crippen LogP contribution in [0, 0.1) is 6.92 Å². The van der Waals surface area contributed by atoms with Crippen LogP contribution in [0.2, 0.25) is 0 Å². The first-order valence-electron chi connectivity index (χ1n) is 4.98. The molecule has 8 heteroatoms. The summed E-state index contributed by atoms with van der Waals surface area (Å²) in [4.78, 5) is 0.626. The van der Waals surface area contributed by atoms with E-state index in [1.54, 1.807) is 13.0 Å². The van der Waals surface area contributed by atoms with Gasteiger partial charge in [-0.2, -0.15) is 0 Å². The van der Waals surface area contributed by atoms with Crippen LogP contribution >= 0.6 is 11.8 Å². The van der Waals surface area contributed by atoms with Crippen molar-refractivity contribution in [1.29, 1.82) is 0 Å². The smallest absolute Gasteiger partial charge is 0.214 e. The summed E-state index contributed by atoms with van der Waals surface area (Å²) in [5.41, 5.74) is 0. The lowest BCUT2D eigenvalue weighted by Crippen LogP contribution is -2.11. The van der Waals surface area contributed by atoms with Gasteiger partial charge in [-0.25, -0.2) is 4.68 Å². The van der Waals surface area contributed by atoms with E-state index in [1.165, 1.54) is 29.6 Å². The summed E-state index contributed by atoms with van der Waals surface area (Å²) < 4.78 is 6.28. The predicted octanol–water partition coefficient (Wildman–Crippen LogP) is 0.871. The molecule has 1 heterocycles. The standard InChI is InChI=1S/C10H12N4O3S/c1-5-12-13-10(14(5)11)18-6-3-7(15)9(16)8(4-6)17-2/h3-4,15-16H,11H2,1-2H3. The number of aryl methyl sites for hydroxylation is 1. The van der Waals surface area contributed by atoms with E-state index < -0.39 is 0 Å². The number of benzene rings is 1. The second kappa shape index (κ2) is 4.65. The van der Waals surface area contributed by atoms with Gasteiger partial charge in [0.05, 0.1) is 7.11 Å². The van der Waals surface area contributed by atoms with Crippen molar-refractivity contribution in [1.82, 2.24) is 14.9 Å². The molecule has 96 valence electrons. The molecule has 0 saturated heterocycles. The Morgan fingerprint density at radius 2 is 2.06 bits per heavy atom. The van der Waals surface area contributed by atoms with Gasteiger partial charge < -0.3 is 20.8 Å². The normalized spacial score (nSPS) is 10.6. The van der Waals surface area contributed by atoms with Gasteiger partial charge in [-0.3, -0.25) is 0 Å². The van der Waals surface area contributed by atoms with Crippen LogP contribution in [0.5, 0.6) is 17.2 Å². The summed E-state index contributed by atoms with van der Waals surface area (Å²) in [7, 11) is 1.40. The topological polar surface area (TPSA) is 106 Å². The number of aromatic hydroxyl groups is 2. The Hall–Kier alpha value is -2.09. The van der Waals surface area contributed by atoms with Crippen molar-refractivity contribution < 1.29 is 14.9 Å². The zero-order chi connectivity index (χ0) is 13.3. The van der Waals surface area contributed by atoms with Gasteiger partial charge >= 0.3 is 0 Å². The van der Waals surface area contributed by atoms with Crippen molar-refractivity contribution in [2.24, 2.45) is 0 Å². The molecule has 0 saturated carbocycles. The van der Waals surface area contributed by atoms with Gasteiger partial charge in [0, 0.05) is 4.90 Å². The average Bonchev–Trinajstić information content (AvgIpc) is 2.65. The summed E-state index contributed by atoms with van der Waals surface area (Å²) in [6.07, 6.45) is 0. The molecule has 0 fully saturated rings. The Kier molecular flexibility index (Phi) is 3.19. The van der Waals surface area contributed by atoms with Gasteiger partial charge in [0.2, 0.25) is 10.9 Å². The number of methoxy groups -OCH3 is 1. The molecule has 0 aliphatic heterocycles. The number of hydrogen-bond acceptors (Lipinski definition) is 7. The highest BCUT2D eigenvalue weighted by atomic mass is 32.2. The molecular weight excluding hydrogens is 256 g/mol. The molecule has 18 heavy (non-hydrogen) atoms. The molecule has 0 amide bonds. The fourth-order valence-corrected chi connectivity index (χ4v) is 2.17. The molecule has 0 bridgehead atoms. The molecule has 2 aromatic rings. The maximum absolute atomic E-state index is 9.55. The number of rotatable bonds is 3. The van der Waals surface area contributed by atoms with E-state index in [4.69, 9.17) is 10.6 Å². The Labute approximate surface area is 107 Å². The van der Waals surface area contributed by atoms with Crippen molar-refractivity contribution in [3.63, 3.8) is 0 Å². The molecule has 1 aromatic heterocycles. The van der Waals surface area contributed by atoms with Crippen LogP contribution < -0.4 is 10.6 Å². The van der Waals surface area contributed by atoms with Crippen LogP contribution in [-0.2, 0) is 0 Å². The number of nitrogens with two attached hydrogens (primary N) is 1. The minimum absolute atomic E-state index is 0.178. The zero-order valence-electron chi connectivity index (χ0n) is 9.78. The van der Waals surface area contributed by atoms with Crippen molar-refractivity contribution in [3.05, 3.63) is 18.0 Å². The number of nitrogens with zero attached hydrogens (tertiary/aromatic N) is 3. The fraction of sp³-hybridized carbons (Fsp3) is 0.200. The van der Waals surface area contributed by atoms with E-state index in [9.17, 15) is 10.2 Å². The van der Waals surface area contributed by atoms with E-state index >= 15 is 0 Å². The third-order valence-corrected chi connectivity index (χ3v) is 3.22. The summed E-state index contributed by atoms with van der Waals surface area (Å²) in [5.74, 6) is 5.91. The third-order valence-electron chi connectivity index (χ3n) is 2.29. The van der Waals surface area contributed by atoms with Crippen molar-refractivity contribution in [2.45, 2.75) is 17.0 Å². The van der Waals surface area contributed by atoms with E-state index in [0.29, 0.717) is 15.9 Å². The Morgan fingerprint density at radius 1 is 1.33 bits per heavy atom. The maximum atomic E-state index is 9.55. The van der Waals surface area contributed by atoms with E-state index in [0.717, 1.165) is 0 Å². The number of phenolic OH excluding ortho intramolecular Hbond substituents is 2. The molecule has 4 N–H and O–H groups in total. The third kappa shape index (κ3) is 2.14. The van der Waals surface area contributed by atoms with Crippen molar-refractivity contribution in [3.8, 4) is 17.2 Å². The van der Waals surface area contributed by atoms with Gasteiger partial charge in [0.1, 0.15) is 5.82 Å². The zero-order valence-corrected chi connectivity index (χ0v) is 10.6. The highest BCUT2D eigenvalue weighted by molar-refractivity contribution is 7.99. The average molecular weight is 268 g/mol. The summed E-state index contributed by atoms with van der Waals surface area (Å²) >= 11 is 1.20. The number of nitrogen functional groups attached to an aromatic ring is 1. The molecule has 0 unspecified atom stereocenters. The number of aromatic nitrogens is 3. The van der Waals surface area contributed by atoms with Crippen LogP contribution in [0.3, 0.4) is 0 Å². The van der Waals surface area contributed by atoms with Gasteiger partial charge in [0.15, 0.2) is 11.5 Å². The summed E-state index contributed by atoms with van der Waals surface area (Å²) in [5, 5.41) is 27.2. The lowest BCUT2D eigenvalue weighted by Gasteiger charge is -2.08. The lowest BCUT2D eigenvalue weighted by atomic mass is 10.3.